The van der Waals surface area contributed by atoms with Gasteiger partial charge in [0.05, 0.1) is 22.7 Å². The molecular weight excluding hydrogens is 326 g/mol. The number of carbonyl (C=O) groups is 1. The highest BCUT2D eigenvalue weighted by Crippen LogP contribution is 2.26. The van der Waals surface area contributed by atoms with E-state index in [-0.39, 0.29) is 0 Å². The number of esters is 1. The van der Waals surface area contributed by atoms with Crippen LogP contribution in [0.1, 0.15) is 21.5 Å². The van der Waals surface area contributed by atoms with Crippen molar-refractivity contribution in [2.24, 2.45) is 0 Å². The molecule has 0 bridgehead atoms. The second kappa shape index (κ2) is 5.29. The number of benzene rings is 1. The minimum atomic E-state index is -0.459. The summed E-state index contributed by atoms with van der Waals surface area (Å²) in [5, 5.41) is 9.52. The maximum atomic E-state index is 11.3. The van der Waals surface area contributed by atoms with E-state index in [0.29, 0.717) is 20.9 Å². The molecule has 0 unspecified atom stereocenters. The minimum absolute atomic E-state index is 0.360. The number of nitrogens with zero attached hydrogens (tertiary/aromatic N) is 1. The van der Waals surface area contributed by atoms with Gasteiger partial charge < -0.3 is 4.74 Å². The molecule has 0 atom stereocenters. The van der Waals surface area contributed by atoms with Crippen molar-refractivity contribution in [3.63, 3.8) is 0 Å². The summed E-state index contributed by atoms with van der Waals surface area (Å²) in [6, 6.07) is 5.41. The molecule has 0 saturated carbocycles. The molecule has 1 aromatic rings. The summed E-state index contributed by atoms with van der Waals surface area (Å²) in [7, 11) is 1.30. The smallest absolute Gasteiger partial charge is 0.339 e. The van der Waals surface area contributed by atoms with Crippen molar-refractivity contribution in [3.8, 4) is 6.07 Å². The highest BCUT2D eigenvalue weighted by Gasteiger charge is 2.15. The molecule has 0 N–H and O–H groups in total. The number of alkyl halides is 1. The van der Waals surface area contributed by atoms with Crippen LogP contribution in [0.3, 0.4) is 0 Å². The first-order valence-electron chi connectivity index (χ1n) is 4.01. The molecule has 3 nitrogen and oxygen atoms in total. The van der Waals surface area contributed by atoms with Crippen molar-refractivity contribution < 1.29 is 9.53 Å². The highest BCUT2D eigenvalue weighted by molar-refractivity contribution is 9.10. The van der Waals surface area contributed by atoms with Gasteiger partial charge in [-0.25, -0.2) is 4.79 Å². The second-order valence-electron chi connectivity index (χ2n) is 2.70. The number of rotatable bonds is 2. The summed E-state index contributed by atoms with van der Waals surface area (Å²) >= 11 is 6.50. The van der Waals surface area contributed by atoms with Gasteiger partial charge in [-0.2, -0.15) is 5.26 Å². The third-order valence-corrected chi connectivity index (χ3v) is 3.32. The lowest BCUT2D eigenvalue weighted by Gasteiger charge is -2.06. The standard InChI is InChI=1S/C10H7Br2NO2/c1-15-10(14)7-3-2-6(4-11)8(5-13)9(7)12/h2-3H,4H2,1H3. The Kier molecular flexibility index (Phi) is 4.30. The predicted molar refractivity (Wildman–Crippen MR) is 62.8 cm³/mol. The minimum Gasteiger partial charge on any atom is -0.465 e. The van der Waals surface area contributed by atoms with Crippen LogP contribution in [0.15, 0.2) is 16.6 Å². The molecule has 0 aliphatic carbocycles. The predicted octanol–water partition coefficient (Wildman–Crippen LogP) is 3.00. The molecule has 5 heteroatoms. The van der Waals surface area contributed by atoms with E-state index in [0.717, 1.165) is 5.56 Å². The number of halogens is 2. The lowest BCUT2D eigenvalue weighted by molar-refractivity contribution is 0.0599. The zero-order chi connectivity index (χ0) is 11.4. The third-order valence-electron chi connectivity index (χ3n) is 1.89. The molecule has 1 aromatic carbocycles. The first-order chi connectivity index (χ1) is 7.15. The SMILES string of the molecule is COC(=O)c1ccc(CBr)c(C#N)c1Br. The van der Waals surface area contributed by atoms with E-state index in [1.54, 1.807) is 12.1 Å². The molecule has 78 valence electrons. The topological polar surface area (TPSA) is 50.1 Å². The zero-order valence-electron chi connectivity index (χ0n) is 7.88. The fourth-order valence-electron chi connectivity index (χ4n) is 1.12. The first kappa shape index (κ1) is 12.2. The third kappa shape index (κ3) is 2.39. The lowest BCUT2D eigenvalue weighted by Crippen LogP contribution is -2.04. The molecule has 0 amide bonds. The van der Waals surface area contributed by atoms with Gasteiger partial charge in [0.1, 0.15) is 6.07 Å². The van der Waals surface area contributed by atoms with Gasteiger partial charge in [-0.15, -0.1) is 0 Å². The molecule has 0 spiro atoms. The lowest BCUT2D eigenvalue weighted by atomic mass is 10.1. The quantitative estimate of drug-likeness (QED) is 0.618. The van der Waals surface area contributed by atoms with E-state index in [1.807, 2.05) is 6.07 Å². The Labute approximate surface area is 104 Å². The van der Waals surface area contributed by atoms with E-state index in [4.69, 9.17) is 5.26 Å². The molecular formula is C10H7Br2NO2. The van der Waals surface area contributed by atoms with E-state index >= 15 is 0 Å². The van der Waals surface area contributed by atoms with Crippen LogP contribution in [0.5, 0.6) is 0 Å². The van der Waals surface area contributed by atoms with Gasteiger partial charge in [-0.1, -0.05) is 22.0 Å². The fraction of sp³-hybridized carbons (Fsp3) is 0.200. The number of carbonyl (C=O) groups excluding carboxylic acids is 1. The van der Waals surface area contributed by atoms with Gasteiger partial charge in [0.2, 0.25) is 0 Å². The number of methoxy groups -OCH3 is 1. The number of nitriles is 1. The Morgan fingerprint density at radius 3 is 2.73 bits per heavy atom. The average molecular weight is 333 g/mol. The van der Waals surface area contributed by atoms with Crippen LogP contribution in [0.25, 0.3) is 0 Å². The summed E-state index contributed by atoms with van der Waals surface area (Å²) in [6.07, 6.45) is 0. The summed E-state index contributed by atoms with van der Waals surface area (Å²) in [5.74, 6) is -0.459. The van der Waals surface area contributed by atoms with Crippen LogP contribution >= 0.6 is 31.9 Å². The average Bonchev–Trinajstić information content (AvgIpc) is 2.27. The Balaban J connectivity index is 3.37. The largest absolute Gasteiger partial charge is 0.465 e. The van der Waals surface area contributed by atoms with Crippen molar-refractivity contribution in [2.45, 2.75) is 5.33 Å². The summed E-state index contributed by atoms with van der Waals surface area (Å²) < 4.78 is 5.08. The van der Waals surface area contributed by atoms with Crippen LogP contribution in [0, 0.1) is 11.3 Å². The van der Waals surface area contributed by atoms with Gasteiger partial charge in [-0.3, -0.25) is 0 Å². The highest BCUT2D eigenvalue weighted by atomic mass is 79.9. The van der Waals surface area contributed by atoms with Crippen molar-refractivity contribution in [3.05, 3.63) is 33.3 Å². The van der Waals surface area contributed by atoms with Gasteiger partial charge in [-0.05, 0) is 27.6 Å². The maximum Gasteiger partial charge on any atom is 0.339 e. The van der Waals surface area contributed by atoms with Crippen molar-refractivity contribution in [2.75, 3.05) is 7.11 Å². The Bertz CT molecular complexity index is 438. The van der Waals surface area contributed by atoms with Gasteiger partial charge in [0.15, 0.2) is 0 Å². The summed E-state index contributed by atoms with van der Waals surface area (Å²) in [5.41, 5.74) is 1.64. The van der Waals surface area contributed by atoms with Gasteiger partial charge >= 0.3 is 5.97 Å². The molecule has 0 aliphatic heterocycles. The Morgan fingerprint density at radius 1 is 1.60 bits per heavy atom. The molecule has 0 saturated heterocycles. The van der Waals surface area contributed by atoms with Crippen LogP contribution in [-0.4, -0.2) is 13.1 Å². The van der Waals surface area contributed by atoms with Gasteiger partial charge in [0, 0.05) is 5.33 Å². The molecule has 0 radical (unpaired) electrons. The molecule has 0 aromatic heterocycles. The Morgan fingerprint density at radius 2 is 2.27 bits per heavy atom. The van der Waals surface area contributed by atoms with E-state index in [2.05, 4.69) is 36.6 Å². The number of hydrogen-bond donors (Lipinski definition) is 0. The Hall–Kier alpha value is -0.860. The number of ether oxygens (including phenoxy) is 1. The van der Waals surface area contributed by atoms with Crippen LogP contribution in [-0.2, 0) is 10.1 Å². The van der Waals surface area contributed by atoms with Crippen LogP contribution < -0.4 is 0 Å². The fourth-order valence-corrected chi connectivity index (χ4v) is 2.22. The van der Waals surface area contributed by atoms with Crippen molar-refractivity contribution in [1.29, 1.82) is 5.26 Å². The summed E-state index contributed by atoms with van der Waals surface area (Å²) in [6.45, 7) is 0. The second-order valence-corrected chi connectivity index (χ2v) is 4.05. The van der Waals surface area contributed by atoms with Crippen molar-refractivity contribution >= 4 is 37.8 Å². The van der Waals surface area contributed by atoms with E-state index in [9.17, 15) is 4.79 Å². The molecule has 15 heavy (non-hydrogen) atoms. The van der Waals surface area contributed by atoms with Crippen LogP contribution in [0.2, 0.25) is 0 Å². The zero-order valence-corrected chi connectivity index (χ0v) is 11.1. The molecule has 0 heterocycles. The molecule has 1 rings (SSSR count). The van der Waals surface area contributed by atoms with E-state index in [1.165, 1.54) is 7.11 Å². The van der Waals surface area contributed by atoms with E-state index < -0.39 is 5.97 Å². The van der Waals surface area contributed by atoms with Gasteiger partial charge in [0.25, 0.3) is 0 Å². The van der Waals surface area contributed by atoms with Crippen LogP contribution in [0.4, 0.5) is 0 Å². The normalized spacial score (nSPS) is 9.47. The maximum absolute atomic E-state index is 11.3. The molecule has 0 fully saturated rings. The number of hydrogen-bond acceptors (Lipinski definition) is 3. The monoisotopic (exact) mass is 331 g/mol. The van der Waals surface area contributed by atoms with Crippen molar-refractivity contribution in [1.82, 2.24) is 0 Å². The molecule has 0 aliphatic rings. The first-order valence-corrected chi connectivity index (χ1v) is 5.93. The summed E-state index contributed by atoms with van der Waals surface area (Å²) in [4.78, 5) is 11.3.